The molecule has 21 heavy (non-hydrogen) atoms. The molecule has 0 atom stereocenters. The van der Waals surface area contributed by atoms with Gasteiger partial charge in [-0.05, 0) is 30.2 Å². The highest BCUT2D eigenvalue weighted by Gasteiger charge is 2.08. The zero-order chi connectivity index (χ0) is 15.4. The van der Waals surface area contributed by atoms with Gasteiger partial charge in [0, 0.05) is 29.9 Å². The SMILES string of the molecule is Cc1ccc([N+](=O)[O-])cc1NCc1ccc(C(N)=O)cc1. The molecule has 0 aliphatic heterocycles. The molecule has 0 saturated carbocycles. The van der Waals surface area contributed by atoms with E-state index < -0.39 is 10.8 Å². The van der Waals surface area contributed by atoms with Crippen molar-refractivity contribution in [1.82, 2.24) is 0 Å². The van der Waals surface area contributed by atoms with E-state index >= 15 is 0 Å². The van der Waals surface area contributed by atoms with Crippen LogP contribution in [0.4, 0.5) is 11.4 Å². The van der Waals surface area contributed by atoms with Crippen molar-refractivity contribution in [3.63, 3.8) is 0 Å². The minimum Gasteiger partial charge on any atom is -0.381 e. The summed E-state index contributed by atoms with van der Waals surface area (Å²) in [7, 11) is 0. The van der Waals surface area contributed by atoms with Gasteiger partial charge in [-0.25, -0.2) is 0 Å². The third-order valence-corrected chi connectivity index (χ3v) is 3.15. The van der Waals surface area contributed by atoms with Gasteiger partial charge in [-0.3, -0.25) is 14.9 Å². The van der Waals surface area contributed by atoms with Crippen LogP contribution < -0.4 is 11.1 Å². The number of nitro groups is 1. The summed E-state index contributed by atoms with van der Waals surface area (Å²) < 4.78 is 0. The third kappa shape index (κ3) is 3.56. The smallest absolute Gasteiger partial charge is 0.271 e. The highest BCUT2D eigenvalue weighted by atomic mass is 16.6. The maximum atomic E-state index is 11.0. The minimum atomic E-state index is -0.468. The first kappa shape index (κ1) is 14.5. The average molecular weight is 285 g/mol. The van der Waals surface area contributed by atoms with E-state index in [9.17, 15) is 14.9 Å². The number of nitro benzene ring substituents is 1. The number of nitrogens with two attached hydrogens (primary N) is 1. The van der Waals surface area contributed by atoms with Gasteiger partial charge < -0.3 is 11.1 Å². The Balaban J connectivity index is 2.10. The van der Waals surface area contributed by atoms with Crippen LogP contribution in [0.25, 0.3) is 0 Å². The second-order valence-corrected chi connectivity index (χ2v) is 4.67. The number of benzene rings is 2. The molecule has 3 N–H and O–H groups in total. The minimum absolute atomic E-state index is 0.0483. The van der Waals surface area contributed by atoms with Crippen LogP contribution >= 0.6 is 0 Å². The first-order chi connectivity index (χ1) is 9.97. The maximum absolute atomic E-state index is 11.0. The molecule has 0 aliphatic carbocycles. The second kappa shape index (κ2) is 6.04. The Morgan fingerprint density at radius 3 is 2.48 bits per heavy atom. The van der Waals surface area contributed by atoms with Crippen LogP contribution in [-0.2, 0) is 6.54 Å². The number of amides is 1. The van der Waals surface area contributed by atoms with Crippen LogP contribution in [0.3, 0.4) is 0 Å². The molecule has 0 saturated heterocycles. The molecule has 0 aromatic heterocycles. The molecule has 108 valence electrons. The number of non-ortho nitro benzene ring substituents is 1. The van der Waals surface area contributed by atoms with E-state index in [1.165, 1.54) is 12.1 Å². The van der Waals surface area contributed by atoms with Gasteiger partial charge in [-0.2, -0.15) is 0 Å². The fourth-order valence-corrected chi connectivity index (χ4v) is 1.90. The van der Waals surface area contributed by atoms with Gasteiger partial charge in [0.05, 0.1) is 4.92 Å². The fraction of sp³-hybridized carbons (Fsp3) is 0.133. The van der Waals surface area contributed by atoms with Crippen molar-refractivity contribution in [2.75, 3.05) is 5.32 Å². The van der Waals surface area contributed by atoms with E-state index in [1.54, 1.807) is 30.3 Å². The van der Waals surface area contributed by atoms with Crippen LogP contribution in [0.1, 0.15) is 21.5 Å². The third-order valence-electron chi connectivity index (χ3n) is 3.15. The van der Waals surface area contributed by atoms with E-state index in [4.69, 9.17) is 5.73 Å². The van der Waals surface area contributed by atoms with Crippen molar-refractivity contribution < 1.29 is 9.72 Å². The first-order valence-corrected chi connectivity index (χ1v) is 6.35. The molecule has 0 radical (unpaired) electrons. The monoisotopic (exact) mass is 285 g/mol. The molecule has 2 rings (SSSR count). The van der Waals surface area contributed by atoms with Crippen molar-refractivity contribution in [3.8, 4) is 0 Å². The maximum Gasteiger partial charge on any atom is 0.271 e. The molecular weight excluding hydrogens is 270 g/mol. The number of carbonyl (C=O) groups excluding carboxylic acids is 1. The van der Waals surface area contributed by atoms with Gasteiger partial charge in [0.25, 0.3) is 5.69 Å². The summed E-state index contributed by atoms with van der Waals surface area (Å²) in [5.74, 6) is -0.468. The molecule has 0 fully saturated rings. The molecular formula is C15H15N3O3. The molecule has 0 aliphatic rings. The fourth-order valence-electron chi connectivity index (χ4n) is 1.90. The van der Waals surface area contributed by atoms with Crippen LogP contribution in [-0.4, -0.2) is 10.8 Å². The van der Waals surface area contributed by atoms with E-state index in [1.807, 2.05) is 6.92 Å². The number of rotatable bonds is 5. The van der Waals surface area contributed by atoms with Crippen LogP contribution in [0.15, 0.2) is 42.5 Å². The summed E-state index contributed by atoms with van der Waals surface area (Å²) >= 11 is 0. The van der Waals surface area contributed by atoms with Crippen molar-refractivity contribution in [3.05, 3.63) is 69.3 Å². The largest absolute Gasteiger partial charge is 0.381 e. The van der Waals surface area contributed by atoms with Crippen LogP contribution in [0.2, 0.25) is 0 Å². The molecule has 6 nitrogen and oxygen atoms in total. The summed E-state index contributed by atoms with van der Waals surface area (Å²) in [6.07, 6.45) is 0. The summed E-state index contributed by atoms with van der Waals surface area (Å²) in [5, 5.41) is 13.9. The summed E-state index contributed by atoms with van der Waals surface area (Å²) in [6, 6.07) is 11.6. The highest BCUT2D eigenvalue weighted by Crippen LogP contribution is 2.22. The predicted octanol–water partition coefficient (Wildman–Crippen LogP) is 2.61. The van der Waals surface area contributed by atoms with Crippen LogP contribution in [0.5, 0.6) is 0 Å². The Morgan fingerprint density at radius 1 is 1.24 bits per heavy atom. The molecule has 0 spiro atoms. The number of nitrogens with one attached hydrogen (secondary N) is 1. The molecule has 0 unspecified atom stereocenters. The zero-order valence-electron chi connectivity index (χ0n) is 11.5. The Kier molecular flexibility index (Phi) is 4.18. The molecule has 0 heterocycles. The van der Waals surface area contributed by atoms with Gasteiger partial charge in [0.2, 0.25) is 5.91 Å². The van der Waals surface area contributed by atoms with E-state index in [-0.39, 0.29) is 5.69 Å². The Hall–Kier alpha value is -2.89. The normalized spacial score (nSPS) is 10.1. The lowest BCUT2D eigenvalue weighted by Crippen LogP contribution is -2.10. The number of aryl methyl sites for hydroxylation is 1. The summed E-state index contributed by atoms with van der Waals surface area (Å²) in [6.45, 7) is 2.38. The number of carbonyl (C=O) groups is 1. The zero-order valence-corrected chi connectivity index (χ0v) is 11.5. The quantitative estimate of drug-likeness (QED) is 0.651. The van der Waals surface area contributed by atoms with Gasteiger partial charge in [0.1, 0.15) is 0 Å². The molecule has 0 bridgehead atoms. The van der Waals surface area contributed by atoms with Gasteiger partial charge >= 0.3 is 0 Å². The summed E-state index contributed by atoms with van der Waals surface area (Å²) in [5.41, 5.74) is 8.26. The predicted molar refractivity (Wildman–Crippen MR) is 80.1 cm³/mol. The van der Waals surface area contributed by atoms with Crippen LogP contribution in [0, 0.1) is 17.0 Å². The van der Waals surface area contributed by atoms with E-state index in [2.05, 4.69) is 5.32 Å². The lowest BCUT2D eigenvalue weighted by molar-refractivity contribution is -0.384. The lowest BCUT2D eigenvalue weighted by atomic mass is 10.1. The lowest BCUT2D eigenvalue weighted by Gasteiger charge is -2.09. The number of anilines is 1. The molecule has 2 aromatic carbocycles. The number of hydrogen-bond acceptors (Lipinski definition) is 4. The van der Waals surface area contributed by atoms with Crippen molar-refractivity contribution in [1.29, 1.82) is 0 Å². The average Bonchev–Trinajstić information content (AvgIpc) is 2.46. The number of primary amides is 1. The Bertz CT molecular complexity index is 681. The topological polar surface area (TPSA) is 98.3 Å². The van der Waals surface area contributed by atoms with E-state index in [0.29, 0.717) is 17.8 Å². The molecule has 2 aromatic rings. The molecule has 1 amide bonds. The van der Waals surface area contributed by atoms with Gasteiger partial charge in [-0.1, -0.05) is 18.2 Å². The highest BCUT2D eigenvalue weighted by molar-refractivity contribution is 5.92. The van der Waals surface area contributed by atoms with Crippen molar-refractivity contribution in [2.45, 2.75) is 13.5 Å². The van der Waals surface area contributed by atoms with E-state index in [0.717, 1.165) is 11.1 Å². The summed E-state index contributed by atoms with van der Waals surface area (Å²) in [4.78, 5) is 21.3. The number of nitrogens with zero attached hydrogens (tertiary/aromatic N) is 1. The standard InChI is InChI=1S/C15H15N3O3/c1-10-2-7-13(18(20)21)8-14(10)17-9-11-3-5-12(6-4-11)15(16)19/h2-8,17H,9H2,1H3,(H2,16,19). The second-order valence-electron chi connectivity index (χ2n) is 4.67. The van der Waals surface area contributed by atoms with Gasteiger partial charge in [0.15, 0.2) is 0 Å². The Morgan fingerprint density at radius 2 is 1.90 bits per heavy atom. The van der Waals surface area contributed by atoms with Gasteiger partial charge in [-0.15, -0.1) is 0 Å². The molecule has 6 heteroatoms. The van der Waals surface area contributed by atoms with Crippen molar-refractivity contribution in [2.24, 2.45) is 5.73 Å². The first-order valence-electron chi connectivity index (χ1n) is 6.35. The van der Waals surface area contributed by atoms with Crippen molar-refractivity contribution >= 4 is 17.3 Å². The Labute approximate surface area is 121 Å². The number of hydrogen-bond donors (Lipinski definition) is 2.